The van der Waals surface area contributed by atoms with Gasteiger partial charge in [0.15, 0.2) is 0 Å². The molecule has 0 heterocycles. The number of hydrogen-bond acceptors (Lipinski definition) is 8. The van der Waals surface area contributed by atoms with Gasteiger partial charge in [0.1, 0.15) is 11.8 Å². The van der Waals surface area contributed by atoms with E-state index in [1.54, 1.807) is 0 Å². The van der Waals surface area contributed by atoms with Gasteiger partial charge in [-0.2, -0.15) is 8.42 Å². The number of carbonyl (C=O) groups is 2. The summed E-state index contributed by atoms with van der Waals surface area (Å²) in [5, 5.41) is 11.9. The van der Waals surface area contributed by atoms with Gasteiger partial charge in [-0.3, -0.25) is 14.3 Å². The molecule has 0 spiro atoms. The fraction of sp³-hybridized carbons (Fsp3) is 0.903. The molecule has 0 saturated heterocycles. The molecule has 0 aliphatic heterocycles. The van der Waals surface area contributed by atoms with Crippen LogP contribution < -0.4 is 34.7 Å². The van der Waals surface area contributed by atoms with Gasteiger partial charge in [0.2, 0.25) is 0 Å². The van der Waals surface area contributed by atoms with Gasteiger partial charge in [-0.15, -0.1) is 0 Å². The summed E-state index contributed by atoms with van der Waals surface area (Å²) in [5.74, 6) is -3.68. The standard InChI is InChI=1S/C31H59NO8S.Na/c1-3-5-7-9-11-13-15-17-19-21-25-39-30(34)24-23-28(32-29(33)27-41(36,37)38)31(35)40-26-22-20-18-16-14-12-10-8-6-4-2;/h28H,3-27H2,1-2H3,(H,32,33)(H,36,37,38);/q;+1/p-1. The van der Waals surface area contributed by atoms with E-state index < -0.39 is 39.7 Å². The van der Waals surface area contributed by atoms with Crippen molar-refractivity contribution in [3.63, 3.8) is 0 Å². The number of ether oxygens (including phenoxy) is 2. The van der Waals surface area contributed by atoms with Crippen LogP contribution in [0.1, 0.15) is 155 Å². The van der Waals surface area contributed by atoms with E-state index in [0.29, 0.717) is 13.0 Å². The molecule has 0 aromatic carbocycles. The summed E-state index contributed by atoms with van der Waals surface area (Å²) in [5.41, 5.74) is 0. The summed E-state index contributed by atoms with van der Waals surface area (Å²) >= 11 is 0. The predicted molar refractivity (Wildman–Crippen MR) is 162 cm³/mol. The Balaban J connectivity index is 0. The van der Waals surface area contributed by atoms with Gasteiger partial charge in [-0.25, -0.2) is 4.79 Å². The SMILES string of the molecule is CCCCCCCCCCCCOC(=O)CCC(N=C([O-])CS(=O)(=O)O)C(=O)OCCCCCCCCCCCC.[Na+]. The maximum Gasteiger partial charge on any atom is 1.00 e. The molecule has 242 valence electrons. The second-order valence-corrected chi connectivity index (χ2v) is 12.5. The molecule has 0 aliphatic rings. The van der Waals surface area contributed by atoms with Gasteiger partial charge in [0, 0.05) is 6.42 Å². The second-order valence-electron chi connectivity index (χ2n) is 11.1. The number of rotatable bonds is 29. The van der Waals surface area contributed by atoms with Gasteiger partial charge in [-0.05, 0) is 25.2 Å². The van der Waals surface area contributed by atoms with E-state index in [0.717, 1.165) is 38.5 Å². The number of esters is 2. The Kier molecular flexibility index (Phi) is 31.4. The first-order valence-electron chi connectivity index (χ1n) is 16.2. The molecular formula is C31H58NNaO8S. The van der Waals surface area contributed by atoms with E-state index in [-0.39, 0.29) is 49.0 Å². The van der Waals surface area contributed by atoms with Gasteiger partial charge in [0.25, 0.3) is 10.1 Å². The van der Waals surface area contributed by atoms with E-state index in [9.17, 15) is 23.1 Å². The molecule has 9 nitrogen and oxygen atoms in total. The van der Waals surface area contributed by atoms with Crippen molar-refractivity contribution in [3.8, 4) is 0 Å². The Morgan fingerprint density at radius 3 is 1.48 bits per heavy atom. The Hall–Kier alpha value is -0.680. The summed E-state index contributed by atoms with van der Waals surface area (Å²) in [6, 6.07) is -1.32. The molecule has 42 heavy (non-hydrogen) atoms. The first-order chi connectivity index (χ1) is 19.7. The summed E-state index contributed by atoms with van der Waals surface area (Å²) in [7, 11) is -4.58. The summed E-state index contributed by atoms with van der Waals surface area (Å²) in [6.45, 7) is 4.87. The predicted octanol–water partition coefficient (Wildman–Crippen LogP) is 3.71. The average molecular weight is 628 g/mol. The third kappa shape index (κ3) is 30.8. The minimum Gasteiger partial charge on any atom is -0.861 e. The zero-order chi connectivity index (χ0) is 30.6. The van der Waals surface area contributed by atoms with Crippen molar-refractivity contribution in [2.75, 3.05) is 19.0 Å². The van der Waals surface area contributed by atoms with Crippen LogP contribution in [0.15, 0.2) is 4.99 Å². The monoisotopic (exact) mass is 627 g/mol. The summed E-state index contributed by atoms with van der Waals surface area (Å²) < 4.78 is 41.4. The Bertz CT molecular complexity index is 792. The maximum atomic E-state index is 12.5. The molecule has 0 aromatic heterocycles. The van der Waals surface area contributed by atoms with E-state index in [4.69, 9.17) is 14.0 Å². The van der Waals surface area contributed by atoms with Gasteiger partial charge in [0.05, 0.1) is 13.2 Å². The number of nitrogens with zero attached hydrogens (tertiary/aromatic N) is 1. The van der Waals surface area contributed by atoms with E-state index in [1.807, 2.05) is 0 Å². The van der Waals surface area contributed by atoms with Gasteiger partial charge < -0.3 is 14.6 Å². The number of unbranched alkanes of at least 4 members (excludes halogenated alkanes) is 18. The fourth-order valence-electron chi connectivity index (χ4n) is 4.56. The summed E-state index contributed by atoms with van der Waals surface area (Å²) in [6.07, 6.45) is 22.8. The molecular weight excluding hydrogens is 569 g/mol. The van der Waals surface area contributed by atoms with Crippen LogP contribution in [0.4, 0.5) is 0 Å². The largest absolute Gasteiger partial charge is 1.00 e. The quantitative estimate of drug-likeness (QED) is 0.0330. The third-order valence-corrected chi connectivity index (χ3v) is 7.61. The zero-order valence-corrected chi connectivity index (χ0v) is 29.7. The van der Waals surface area contributed by atoms with Crippen LogP contribution in [0.25, 0.3) is 0 Å². The first-order valence-corrected chi connectivity index (χ1v) is 17.8. The summed E-state index contributed by atoms with van der Waals surface area (Å²) in [4.78, 5) is 28.3. The molecule has 0 bridgehead atoms. The molecule has 0 saturated carbocycles. The molecule has 11 heteroatoms. The normalized spacial score (nSPS) is 12.5. The van der Waals surface area contributed by atoms with Crippen molar-refractivity contribution in [1.29, 1.82) is 0 Å². The van der Waals surface area contributed by atoms with Crippen molar-refractivity contribution >= 4 is 28.0 Å². The van der Waals surface area contributed by atoms with Gasteiger partial charge in [-0.1, -0.05) is 129 Å². The Morgan fingerprint density at radius 2 is 1.07 bits per heavy atom. The van der Waals surface area contributed by atoms with Crippen molar-refractivity contribution in [2.24, 2.45) is 4.99 Å². The van der Waals surface area contributed by atoms with Crippen LogP contribution in [-0.2, 0) is 29.2 Å². The molecule has 0 radical (unpaired) electrons. The van der Waals surface area contributed by atoms with E-state index >= 15 is 0 Å². The molecule has 0 rings (SSSR count). The van der Waals surface area contributed by atoms with E-state index in [1.165, 1.54) is 83.5 Å². The van der Waals surface area contributed by atoms with Crippen molar-refractivity contribution in [1.82, 2.24) is 0 Å². The fourth-order valence-corrected chi connectivity index (χ4v) is 4.95. The molecule has 1 atom stereocenters. The van der Waals surface area contributed by atoms with Crippen LogP contribution in [0.2, 0.25) is 0 Å². The van der Waals surface area contributed by atoms with Crippen molar-refractivity contribution < 1.29 is 66.7 Å². The number of carbonyl (C=O) groups excluding carboxylic acids is 2. The van der Waals surface area contributed by atoms with Crippen molar-refractivity contribution in [3.05, 3.63) is 0 Å². The minimum atomic E-state index is -4.58. The first kappa shape index (κ1) is 43.4. The molecule has 0 aromatic rings. The van der Waals surface area contributed by atoms with Crippen LogP contribution in [-0.4, -0.2) is 55.8 Å². The maximum absolute atomic E-state index is 12.5. The minimum absolute atomic E-state index is 0. The van der Waals surface area contributed by atoms with Crippen LogP contribution >= 0.6 is 0 Å². The van der Waals surface area contributed by atoms with Crippen LogP contribution in [0.3, 0.4) is 0 Å². The zero-order valence-electron chi connectivity index (χ0n) is 26.9. The molecule has 1 unspecified atom stereocenters. The number of aliphatic imine (C=N–C) groups is 1. The molecule has 0 fully saturated rings. The van der Waals surface area contributed by atoms with Crippen LogP contribution in [0.5, 0.6) is 0 Å². The molecule has 0 amide bonds. The van der Waals surface area contributed by atoms with Crippen LogP contribution in [0, 0.1) is 0 Å². The van der Waals surface area contributed by atoms with E-state index in [2.05, 4.69) is 18.8 Å². The molecule has 0 aliphatic carbocycles. The van der Waals surface area contributed by atoms with Gasteiger partial charge >= 0.3 is 41.5 Å². The Morgan fingerprint density at radius 1 is 0.690 bits per heavy atom. The topological polar surface area (TPSA) is 142 Å². The Labute approximate surface area is 278 Å². The smallest absolute Gasteiger partial charge is 0.861 e. The third-order valence-electron chi connectivity index (χ3n) is 7.00. The van der Waals surface area contributed by atoms with Crippen molar-refractivity contribution in [2.45, 2.75) is 161 Å². The number of hydrogen-bond donors (Lipinski definition) is 1. The average Bonchev–Trinajstić information content (AvgIpc) is 2.91. The second kappa shape index (κ2) is 30.4. The molecule has 1 N–H and O–H groups in total.